The number of rotatable bonds is 8. The van der Waals surface area contributed by atoms with Gasteiger partial charge in [0.05, 0.1) is 0 Å². The van der Waals surface area contributed by atoms with Crippen LogP contribution in [-0.4, -0.2) is 70.5 Å². The van der Waals surface area contributed by atoms with Crippen LogP contribution in [0.3, 0.4) is 0 Å². The molecule has 0 amide bonds. The molecule has 0 radical (unpaired) electrons. The maximum atomic E-state index is 6.26. The van der Waals surface area contributed by atoms with E-state index in [1.807, 2.05) is 0 Å². The monoisotopic (exact) mass is 341 g/mol. The summed E-state index contributed by atoms with van der Waals surface area (Å²) in [5.41, 5.74) is 6.28. The molecule has 0 aromatic carbocycles. The minimum Gasteiger partial charge on any atom is -0.417 e. The molecule has 0 atom stereocenters. The predicted molar refractivity (Wildman–Crippen MR) is 101 cm³/mol. The van der Waals surface area contributed by atoms with Gasteiger partial charge in [-0.3, -0.25) is 0 Å². The molecule has 1 spiro atoms. The standard InChI is InChI=1S/C18H39N3OSi/c1-17(2,3)23(4,5)22-13-7-6-10-21-15-18(16-21)8-11-20(14-18)12-9-19/h6-16,19H2,1-5H3. The Bertz CT molecular complexity index is 375. The Labute approximate surface area is 144 Å². The van der Waals surface area contributed by atoms with Gasteiger partial charge in [0.2, 0.25) is 0 Å². The molecule has 0 unspecified atom stereocenters. The molecular formula is C18H39N3OSi. The highest BCUT2D eigenvalue weighted by atomic mass is 28.4. The molecule has 0 saturated carbocycles. The zero-order chi connectivity index (χ0) is 17.1. The van der Waals surface area contributed by atoms with Crippen molar-refractivity contribution in [3.05, 3.63) is 0 Å². The number of hydrogen-bond donors (Lipinski definition) is 1. The molecule has 0 aromatic rings. The lowest BCUT2D eigenvalue weighted by Gasteiger charge is -2.48. The van der Waals surface area contributed by atoms with Crippen LogP contribution in [0.5, 0.6) is 0 Å². The van der Waals surface area contributed by atoms with Crippen LogP contribution < -0.4 is 5.73 Å². The van der Waals surface area contributed by atoms with Gasteiger partial charge in [-0.15, -0.1) is 0 Å². The van der Waals surface area contributed by atoms with Gasteiger partial charge in [-0.1, -0.05) is 20.8 Å². The summed E-state index contributed by atoms with van der Waals surface area (Å²) in [4.78, 5) is 5.18. The molecule has 2 N–H and O–H groups in total. The molecule has 0 aliphatic carbocycles. The molecular weight excluding hydrogens is 302 g/mol. The highest BCUT2D eigenvalue weighted by Crippen LogP contribution is 2.39. The third kappa shape index (κ3) is 5.02. The van der Waals surface area contributed by atoms with Crippen molar-refractivity contribution in [3.63, 3.8) is 0 Å². The summed E-state index contributed by atoms with van der Waals surface area (Å²) in [6, 6.07) is 0. The van der Waals surface area contributed by atoms with Crippen molar-refractivity contribution in [3.8, 4) is 0 Å². The molecule has 2 fully saturated rings. The quantitative estimate of drug-likeness (QED) is 0.544. The second-order valence-electron chi connectivity index (χ2n) is 9.34. The topological polar surface area (TPSA) is 41.7 Å². The summed E-state index contributed by atoms with van der Waals surface area (Å²) < 4.78 is 6.26. The summed E-state index contributed by atoms with van der Waals surface area (Å²) in [6.45, 7) is 20.8. The van der Waals surface area contributed by atoms with Crippen molar-refractivity contribution < 1.29 is 4.43 Å². The van der Waals surface area contributed by atoms with E-state index in [0.717, 1.165) is 19.7 Å². The van der Waals surface area contributed by atoms with Crippen LogP contribution in [0.2, 0.25) is 18.1 Å². The van der Waals surface area contributed by atoms with E-state index in [2.05, 4.69) is 43.7 Å². The molecule has 2 aliphatic heterocycles. The highest BCUT2D eigenvalue weighted by molar-refractivity contribution is 6.74. The van der Waals surface area contributed by atoms with Crippen molar-refractivity contribution >= 4 is 8.32 Å². The summed E-state index contributed by atoms with van der Waals surface area (Å²) >= 11 is 0. The van der Waals surface area contributed by atoms with Gasteiger partial charge in [-0.2, -0.15) is 0 Å². The van der Waals surface area contributed by atoms with Gasteiger partial charge in [0, 0.05) is 44.7 Å². The van der Waals surface area contributed by atoms with E-state index in [1.54, 1.807) is 0 Å². The van der Waals surface area contributed by atoms with E-state index in [-0.39, 0.29) is 0 Å². The molecule has 2 saturated heterocycles. The SMILES string of the molecule is CC(C)(C)[Si](C)(C)OCCCCN1CC2(CCN(CCN)C2)C1. The van der Waals surface area contributed by atoms with Crippen LogP contribution in [0.4, 0.5) is 0 Å². The van der Waals surface area contributed by atoms with Gasteiger partial charge in [0.1, 0.15) is 0 Å². The molecule has 136 valence electrons. The maximum Gasteiger partial charge on any atom is 0.191 e. The molecule has 5 heteroatoms. The normalized spacial score (nSPS) is 22.7. The van der Waals surface area contributed by atoms with Crippen molar-refractivity contribution in [2.24, 2.45) is 11.1 Å². The summed E-state index contributed by atoms with van der Waals surface area (Å²) in [5, 5.41) is 0.328. The number of hydrogen-bond acceptors (Lipinski definition) is 4. The fourth-order valence-corrected chi connectivity index (χ4v) is 4.79. The summed E-state index contributed by atoms with van der Waals surface area (Å²) in [7, 11) is -1.55. The van der Waals surface area contributed by atoms with E-state index in [9.17, 15) is 0 Å². The Morgan fingerprint density at radius 1 is 1.04 bits per heavy atom. The van der Waals surface area contributed by atoms with Gasteiger partial charge in [0.25, 0.3) is 0 Å². The Hall–Kier alpha value is 0.0569. The Morgan fingerprint density at radius 2 is 1.70 bits per heavy atom. The van der Waals surface area contributed by atoms with Gasteiger partial charge in [0.15, 0.2) is 8.32 Å². The van der Waals surface area contributed by atoms with Crippen LogP contribution in [0, 0.1) is 5.41 Å². The third-order valence-corrected chi connectivity index (χ3v) is 10.8. The molecule has 2 aliphatic rings. The third-order valence-electron chi connectivity index (χ3n) is 6.22. The largest absolute Gasteiger partial charge is 0.417 e. The van der Waals surface area contributed by atoms with Gasteiger partial charge in [-0.25, -0.2) is 0 Å². The lowest BCUT2D eigenvalue weighted by atomic mass is 9.79. The average Bonchev–Trinajstić information content (AvgIpc) is 2.81. The van der Waals surface area contributed by atoms with Crippen molar-refractivity contribution in [1.29, 1.82) is 0 Å². The van der Waals surface area contributed by atoms with Crippen molar-refractivity contribution in [2.75, 3.05) is 52.4 Å². The molecule has 2 heterocycles. The van der Waals surface area contributed by atoms with E-state index in [4.69, 9.17) is 10.2 Å². The minimum absolute atomic E-state index is 0.328. The second-order valence-corrected chi connectivity index (χ2v) is 14.2. The van der Waals surface area contributed by atoms with Gasteiger partial charge >= 0.3 is 0 Å². The van der Waals surface area contributed by atoms with E-state index < -0.39 is 8.32 Å². The number of nitrogens with zero attached hydrogens (tertiary/aromatic N) is 2. The highest BCUT2D eigenvalue weighted by Gasteiger charge is 2.46. The Balaban J connectivity index is 1.55. The van der Waals surface area contributed by atoms with Crippen molar-refractivity contribution in [1.82, 2.24) is 9.80 Å². The van der Waals surface area contributed by atoms with E-state index in [0.29, 0.717) is 10.5 Å². The minimum atomic E-state index is -1.55. The van der Waals surface area contributed by atoms with Gasteiger partial charge in [-0.05, 0) is 50.5 Å². The second kappa shape index (κ2) is 7.52. The van der Waals surface area contributed by atoms with Crippen molar-refractivity contribution in [2.45, 2.75) is 58.2 Å². The average molecular weight is 342 g/mol. The smallest absolute Gasteiger partial charge is 0.191 e. The Kier molecular flexibility index (Phi) is 6.34. The lowest BCUT2D eigenvalue weighted by molar-refractivity contribution is 0.00719. The lowest BCUT2D eigenvalue weighted by Crippen LogP contribution is -2.57. The molecule has 0 bridgehead atoms. The van der Waals surface area contributed by atoms with E-state index in [1.165, 1.54) is 52.0 Å². The first-order chi connectivity index (χ1) is 10.7. The van der Waals surface area contributed by atoms with Gasteiger partial charge < -0.3 is 20.0 Å². The maximum absolute atomic E-state index is 6.26. The molecule has 4 nitrogen and oxygen atoms in total. The zero-order valence-electron chi connectivity index (χ0n) is 16.2. The Morgan fingerprint density at radius 3 is 2.30 bits per heavy atom. The fraction of sp³-hybridized carbons (Fsp3) is 1.00. The fourth-order valence-electron chi connectivity index (χ4n) is 3.70. The first-order valence-electron chi connectivity index (χ1n) is 9.46. The molecule has 23 heavy (non-hydrogen) atoms. The number of unbranched alkanes of at least 4 members (excludes halogenated alkanes) is 1. The number of nitrogens with two attached hydrogens (primary N) is 1. The van der Waals surface area contributed by atoms with Crippen LogP contribution in [0.1, 0.15) is 40.0 Å². The number of likely N-dealkylation sites (tertiary alicyclic amines) is 2. The summed E-state index contributed by atoms with van der Waals surface area (Å²) in [6.07, 6.45) is 3.85. The van der Waals surface area contributed by atoms with Crippen LogP contribution in [0.15, 0.2) is 0 Å². The first kappa shape index (κ1) is 19.4. The first-order valence-corrected chi connectivity index (χ1v) is 12.4. The predicted octanol–water partition coefficient (Wildman–Crippen LogP) is 2.75. The summed E-state index contributed by atoms with van der Waals surface area (Å²) in [5.74, 6) is 0. The van der Waals surface area contributed by atoms with Crippen LogP contribution >= 0.6 is 0 Å². The zero-order valence-corrected chi connectivity index (χ0v) is 17.2. The van der Waals surface area contributed by atoms with Crippen LogP contribution in [0.25, 0.3) is 0 Å². The molecule has 2 rings (SSSR count). The molecule has 0 aromatic heterocycles. The van der Waals surface area contributed by atoms with E-state index >= 15 is 0 Å². The van der Waals surface area contributed by atoms with Crippen LogP contribution in [-0.2, 0) is 4.43 Å².